The quantitative estimate of drug-likeness (QED) is 0.323. The van der Waals surface area contributed by atoms with Gasteiger partial charge >= 0.3 is 0 Å². The van der Waals surface area contributed by atoms with E-state index >= 15 is 0 Å². The molecule has 2 N–H and O–H groups in total. The summed E-state index contributed by atoms with van der Waals surface area (Å²) in [6.45, 7) is 6.71. The van der Waals surface area contributed by atoms with Gasteiger partial charge in [-0.2, -0.15) is 0 Å². The van der Waals surface area contributed by atoms with Gasteiger partial charge in [-0.1, -0.05) is 24.3 Å². The number of amides is 1. The normalized spacial score (nSPS) is 10.7. The minimum Gasteiger partial charge on any atom is -0.497 e. The number of hydrogen-bond acceptors (Lipinski definition) is 3. The number of halogens is 1. The average Bonchev–Trinajstić information content (AvgIpc) is 2.75. The lowest BCUT2D eigenvalue weighted by molar-refractivity contribution is 0.0773. The molecule has 7 heteroatoms. The summed E-state index contributed by atoms with van der Waals surface area (Å²) in [5.41, 5.74) is 2.95. The number of nitrogens with zero attached hydrogens (tertiary/aromatic N) is 2. The Balaban J connectivity index is 0.00000420. The second kappa shape index (κ2) is 13.0. The zero-order valence-corrected chi connectivity index (χ0v) is 19.9. The van der Waals surface area contributed by atoms with Crippen LogP contribution in [0.5, 0.6) is 5.75 Å². The Morgan fingerprint density at radius 1 is 0.931 bits per heavy atom. The molecule has 0 aromatic heterocycles. The van der Waals surface area contributed by atoms with Crippen molar-refractivity contribution in [3.8, 4) is 5.75 Å². The third-order valence-corrected chi connectivity index (χ3v) is 4.55. The van der Waals surface area contributed by atoms with Gasteiger partial charge in [0, 0.05) is 38.8 Å². The molecule has 0 aliphatic rings. The number of ether oxygens (including phenoxy) is 1. The van der Waals surface area contributed by atoms with Crippen LogP contribution in [0.4, 0.5) is 0 Å². The van der Waals surface area contributed by atoms with Gasteiger partial charge in [-0.3, -0.25) is 9.79 Å². The predicted octanol–water partition coefficient (Wildman–Crippen LogP) is 3.66. The van der Waals surface area contributed by atoms with Crippen LogP contribution in [0.1, 0.15) is 35.3 Å². The lowest BCUT2D eigenvalue weighted by atomic mass is 10.1. The molecule has 29 heavy (non-hydrogen) atoms. The van der Waals surface area contributed by atoms with E-state index in [0.717, 1.165) is 41.5 Å². The molecule has 0 saturated heterocycles. The SMILES string of the molecule is CCN(CC)C(=O)c1ccc(CNC(=NC)NCc2ccc(OC)cc2)cc1.I. The van der Waals surface area contributed by atoms with Gasteiger partial charge in [0.1, 0.15) is 5.75 Å². The first kappa shape index (κ1) is 24.7. The fourth-order valence-corrected chi connectivity index (χ4v) is 2.79. The maximum absolute atomic E-state index is 12.4. The van der Waals surface area contributed by atoms with Crippen LogP contribution in [0.3, 0.4) is 0 Å². The second-order valence-electron chi connectivity index (χ2n) is 6.30. The number of aliphatic imine (C=N–C) groups is 1. The number of benzene rings is 2. The number of hydrogen-bond donors (Lipinski definition) is 2. The van der Waals surface area contributed by atoms with E-state index in [9.17, 15) is 4.79 Å². The van der Waals surface area contributed by atoms with E-state index in [-0.39, 0.29) is 29.9 Å². The molecule has 0 aliphatic carbocycles. The first-order valence-electron chi connectivity index (χ1n) is 9.56. The molecule has 2 rings (SSSR count). The minimum atomic E-state index is 0. The molecule has 1 amide bonds. The molecular formula is C22H31IN4O2. The van der Waals surface area contributed by atoms with Crippen LogP contribution in [-0.4, -0.2) is 44.0 Å². The fraction of sp³-hybridized carbons (Fsp3) is 0.364. The summed E-state index contributed by atoms with van der Waals surface area (Å²) in [7, 11) is 3.40. The summed E-state index contributed by atoms with van der Waals surface area (Å²) < 4.78 is 5.17. The van der Waals surface area contributed by atoms with Crippen molar-refractivity contribution >= 4 is 35.8 Å². The van der Waals surface area contributed by atoms with Crippen LogP contribution < -0.4 is 15.4 Å². The zero-order chi connectivity index (χ0) is 20.4. The van der Waals surface area contributed by atoms with Gasteiger partial charge in [-0.05, 0) is 49.2 Å². The molecule has 0 saturated carbocycles. The van der Waals surface area contributed by atoms with Crippen molar-refractivity contribution in [3.05, 3.63) is 65.2 Å². The lowest BCUT2D eigenvalue weighted by Crippen LogP contribution is -2.36. The number of methoxy groups -OCH3 is 1. The third-order valence-electron chi connectivity index (χ3n) is 4.55. The van der Waals surface area contributed by atoms with Crippen LogP contribution in [0.2, 0.25) is 0 Å². The number of guanidine groups is 1. The highest BCUT2D eigenvalue weighted by Gasteiger charge is 2.11. The fourth-order valence-electron chi connectivity index (χ4n) is 2.79. The minimum absolute atomic E-state index is 0. The number of nitrogens with one attached hydrogen (secondary N) is 2. The van der Waals surface area contributed by atoms with E-state index in [1.54, 1.807) is 14.2 Å². The van der Waals surface area contributed by atoms with Crippen molar-refractivity contribution in [2.24, 2.45) is 4.99 Å². The van der Waals surface area contributed by atoms with Crippen molar-refractivity contribution in [1.82, 2.24) is 15.5 Å². The molecule has 0 bridgehead atoms. The highest BCUT2D eigenvalue weighted by molar-refractivity contribution is 14.0. The monoisotopic (exact) mass is 510 g/mol. The molecule has 0 heterocycles. The molecule has 0 fully saturated rings. The maximum atomic E-state index is 12.4. The van der Waals surface area contributed by atoms with E-state index < -0.39 is 0 Å². The van der Waals surface area contributed by atoms with E-state index in [1.807, 2.05) is 67.3 Å². The van der Waals surface area contributed by atoms with Crippen molar-refractivity contribution in [2.75, 3.05) is 27.2 Å². The number of carbonyl (C=O) groups excluding carboxylic acids is 1. The van der Waals surface area contributed by atoms with Crippen molar-refractivity contribution in [3.63, 3.8) is 0 Å². The van der Waals surface area contributed by atoms with Crippen LogP contribution in [0.25, 0.3) is 0 Å². The van der Waals surface area contributed by atoms with Crippen molar-refractivity contribution in [1.29, 1.82) is 0 Å². The van der Waals surface area contributed by atoms with Gasteiger partial charge in [0.2, 0.25) is 0 Å². The van der Waals surface area contributed by atoms with E-state index in [0.29, 0.717) is 13.1 Å². The summed E-state index contributed by atoms with van der Waals surface area (Å²) >= 11 is 0. The summed E-state index contributed by atoms with van der Waals surface area (Å²) in [5, 5.41) is 6.58. The Kier molecular flexibility index (Phi) is 11.1. The number of rotatable bonds is 8. The molecule has 0 unspecified atom stereocenters. The smallest absolute Gasteiger partial charge is 0.253 e. The van der Waals surface area contributed by atoms with E-state index in [4.69, 9.17) is 4.74 Å². The maximum Gasteiger partial charge on any atom is 0.253 e. The Labute approximate surface area is 190 Å². The standard InChI is InChI=1S/C22H30N4O2.HI/c1-5-26(6-2)21(27)19-11-7-17(8-12-19)15-24-22(23-3)25-16-18-9-13-20(28-4)14-10-18;/h7-14H,5-6,15-16H2,1-4H3,(H2,23,24,25);1H. The first-order chi connectivity index (χ1) is 13.6. The van der Waals surface area contributed by atoms with Crippen molar-refractivity contribution in [2.45, 2.75) is 26.9 Å². The number of carbonyl (C=O) groups is 1. The van der Waals surface area contributed by atoms with Crippen LogP contribution in [0.15, 0.2) is 53.5 Å². The summed E-state index contributed by atoms with van der Waals surface area (Å²) in [5.74, 6) is 1.63. The third kappa shape index (κ3) is 7.56. The molecule has 2 aromatic rings. The van der Waals surface area contributed by atoms with Crippen molar-refractivity contribution < 1.29 is 9.53 Å². The largest absolute Gasteiger partial charge is 0.497 e. The first-order valence-corrected chi connectivity index (χ1v) is 9.56. The summed E-state index contributed by atoms with van der Waals surface area (Å²) in [6.07, 6.45) is 0. The molecule has 158 valence electrons. The van der Waals surface area contributed by atoms with Gasteiger partial charge in [0.25, 0.3) is 5.91 Å². The molecule has 0 aliphatic heterocycles. The highest BCUT2D eigenvalue weighted by Crippen LogP contribution is 2.11. The van der Waals surface area contributed by atoms with Crippen LogP contribution >= 0.6 is 24.0 Å². The van der Waals surface area contributed by atoms with Gasteiger partial charge < -0.3 is 20.3 Å². The van der Waals surface area contributed by atoms with Gasteiger partial charge in [-0.25, -0.2) is 0 Å². The second-order valence-corrected chi connectivity index (χ2v) is 6.30. The average molecular weight is 510 g/mol. The Morgan fingerprint density at radius 2 is 1.41 bits per heavy atom. The molecule has 6 nitrogen and oxygen atoms in total. The lowest BCUT2D eigenvalue weighted by Gasteiger charge is -2.18. The van der Waals surface area contributed by atoms with E-state index in [2.05, 4.69) is 15.6 Å². The molecule has 0 radical (unpaired) electrons. The highest BCUT2D eigenvalue weighted by atomic mass is 127. The summed E-state index contributed by atoms with van der Waals surface area (Å²) in [4.78, 5) is 18.4. The van der Waals surface area contributed by atoms with Gasteiger partial charge in [0.15, 0.2) is 5.96 Å². The van der Waals surface area contributed by atoms with Gasteiger partial charge in [0.05, 0.1) is 7.11 Å². The molecule has 2 aromatic carbocycles. The zero-order valence-electron chi connectivity index (χ0n) is 17.6. The van der Waals surface area contributed by atoms with Gasteiger partial charge in [-0.15, -0.1) is 24.0 Å². The molecular weight excluding hydrogens is 479 g/mol. The molecule has 0 spiro atoms. The molecule has 0 atom stereocenters. The van der Waals surface area contributed by atoms with E-state index in [1.165, 1.54) is 0 Å². The van der Waals surface area contributed by atoms with Crippen LogP contribution in [-0.2, 0) is 13.1 Å². The summed E-state index contributed by atoms with van der Waals surface area (Å²) in [6, 6.07) is 15.6. The van der Waals surface area contributed by atoms with Crippen LogP contribution in [0, 0.1) is 0 Å². The predicted molar refractivity (Wildman–Crippen MR) is 129 cm³/mol. The Hall–Kier alpha value is -2.29. The topological polar surface area (TPSA) is 66.0 Å². The Bertz CT molecular complexity index is 772. The Morgan fingerprint density at radius 3 is 1.83 bits per heavy atom.